The van der Waals surface area contributed by atoms with Crippen LogP contribution in [0, 0.1) is 11.3 Å². The van der Waals surface area contributed by atoms with Crippen molar-refractivity contribution >= 4 is 11.5 Å². The van der Waals surface area contributed by atoms with Crippen LogP contribution in [0.25, 0.3) is 0 Å². The van der Waals surface area contributed by atoms with Gasteiger partial charge in [-0.2, -0.15) is 5.26 Å². The molecule has 1 unspecified atom stereocenters. The van der Waals surface area contributed by atoms with Crippen LogP contribution >= 0.6 is 0 Å². The number of pyridine rings is 1. The monoisotopic (exact) mass is 204 g/mol. The molecule has 0 radical (unpaired) electrons. The molecule has 5 nitrogen and oxygen atoms in total. The smallest absolute Gasteiger partial charge is 0.149 e. The lowest BCUT2D eigenvalue weighted by Gasteiger charge is -2.26. The highest BCUT2D eigenvalue weighted by Gasteiger charge is 2.17. The minimum atomic E-state index is 0.266. The number of nitrogens with zero attached hydrogens (tertiary/aromatic N) is 2. The van der Waals surface area contributed by atoms with E-state index >= 15 is 0 Å². The van der Waals surface area contributed by atoms with Crippen LogP contribution in [0.3, 0.4) is 0 Å². The van der Waals surface area contributed by atoms with E-state index in [1.807, 2.05) is 6.07 Å². The first kappa shape index (κ1) is 9.74. The van der Waals surface area contributed by atoms with Crippen LogP contribution in [0.15, 0.2) is 12.3 Å². The molecular weight excluding hydrogens is 192 g/mol. The second kappa shape index (κ2) is 4.15. The normalized spacial score (nSPS) is 19.0. The van der Waals surface area contributed by atoms with E-state index in [1.54, 1.807) is 6.07 Å². The Morgan fingerprint density at radius 1 is 1.73 bits per heavy atom. The topological polar surface area (TPSA) is 84.0 Å². The number of hydrogen-bond donors (Lipinski definition) is 2. The molecule has 0 bridgehead atoms. The summed E-state index contributed by atoms with van der Waals surface area (Å²) in [6.07, 6.45) is 2.84. The zero-order valence-corrected chi connectivity index (χ0v) is 8.23. The fourth-order valence-corrected chi connectivity index (χ4v) is 1.35. The highest BCUT2D eigenvalue weighted by Crippen LogP contribution is 2.17. The molecule has 0 spiro atoms. The molecule has 0 amide bonds. The molecule has 3 N–H and O–H groups in total. The molecule has 1 aromatic heterocycles. The summed E-state index contributed by atoms with van der Waals surface area (Å²) in [5.74, 6) is 0.615. The lowest BCUT2D eigenvalue weighted by Crippen LogP contribution is -2.33. The average Bonchev–Trinajstić information content (AvgIpc) is 2.18. The minimum Gasteiger partial charge on any atom is -0.396 e. The van der Waals surface area contributed by atoms with Gasteiger partial charge in [0.1, 0.15) is 11.9 Å². The number of anilines is 2. The molecule has 1 aliphatic heterocycles. The van der Waals surface area contributed by atoms with Gasteiger partial charge in [0, 0.05) is 19.3 Å². The van der Waals surface area contributed by atoms with Gasteiger partial charge in [-0.3, -0.25) is 0 Å². The lowest BCUT2D eigenvalue weighted by atomic mass is 10.2. The maximum atomic E-state index is 8.63. The van der Waals surface area contributed by atoms with Crippen molar-refractivity contribution in [2.45, 2.75) is 12.5 Å². The molecule has 0 aliphatic carbocycles. The zero-order chi connectivity index (χ0) is 10.7. The Bertz CT molecular complexity index is 395. The van der Waals surface area contributed by atoms with E-state index in [-0.39, 0.29) is 6.10 Å². The van der Waals surface area contributed by atoms with Gasteiger partial charge in [0.15, 0.2) is 0 Å². The number of nitrogens with two attached hydrogens (primary N) is 1. The fourth-order valence-electron chi connectivity index (χ4n) is 1.35. The van der Waals surface area contributed by atoms with Gasteiger partial charge in [-0.25, -0.2) is 4.98 Å². The van der Waals surface area contributed by atoms with Crippen molar-refractivity contribution in [3.05, 3.63) is 17.8 Å². The first-order valence-corrected chi connectivity index (χ1v) is 4.80. The highest BCUT2D eigenvalue weighted by molar-refractivity contribution is 5.63. The van der Waals surface area contributed by atoms with Gasteiger partial charge < -0.3 is 15.8 Å². The standard InChI is InChI=1S/C10H12N4O/c11-4-7-3-9(12)10(13-5-7)14-6-8-1-2-15-8/h3,5,8H,1-2,6,12H2,(H,13,14). The summed E-state index contributed by atoms with van der Waals surface area (Å²) in [6.45, 7) is 1.55. The van der Waals surface area contributed by atoms with Gasteiger partial charge in [0.25, 0.3) is 0 Å². The summed E-state index contributed by atoms with van der Waals surface area (Å²) < 4.78 is 5.25. The second-order valence-corrected chi connectivity index (χ2v) is 3.44. The number of hydrogen-bond acceptors (Lipinski definition) is 5. The third kappa shape index (κ3) is 2.17. The van der Waals surface area contributed by atoms with Crippen LogP contribution in [0.5, 0.6) is 0 Å². The molecule has 78 valence electrons. The Labute approximate surface area is 87.9 Å². The first-order valence-electron chi connectivity index (χ1n) is 4.80. The summed E-state index contributed by atoms with van der Waals surface area (Å²) in [5, 5.41) is 11.7. The van der Waals surface area contributed by atoms with Crippen molar-refractivity contribution in [3.63, 3.8) is 0 Å². The number of rotatable bonds is 3. The van der Waals surface area contributed by atoms with Crippen LogP contribution in [0.2, 0.25) is 0 Å². The molecule has 1 saturated heterocycles. The van der Waals surface area contributed by atoms with Gasteiger partial charge in [0.2, 0.25) is 0 Å². The average molecular weight is 204 g/mol. The van der Waals surface area contributed by atoms with Crippen molar-refractivity contribution in [2.75, 3.05) is 24.2 Å². The van der Waals surface area contributed by atoms with E-state index in [0.29, 0.717) is 23.6 Å². The van der Waals surface area contributed by atoms with Crippen LogP contribution < -0.4 is 11.1 Å². The summed E-state index contributed by atoms with van der Waals surface area (Å²) in [4.78, 5) is 4.07. The highest BCUT2D eigenvalue weighted by atomic mass is 16.5. The van der Waals surface area contributed by atoms with Crippen molar-refractivity contribution in [1.82, 2.24) is 4.98 Å². The fraction of sp³-hybridized carbons (Fsp3) is 0.400. The van der Waals surface area contributed by atoms with Crippen molar-refractivity contribution < 1.29 is 4.74 Å². The summed E-state index contributed by atoms with van der Waals surface area (Å²) >= 11 is 0. The first-order chi connectivity index (χ1) is 7.29. The Hall–Kier alpha value is -1.80. The molecule has 1 aliphatic rings. The quantitative estimate of drug-likeness (QED) is 0.758. The molecule has 2 rings (SSSR count). The number of nitrogen functional groups attached to an aromatic ring is 1. The Morgan fingerprint density at radius 2 is 2.53 bits per heavy atom. The van der Waals surface area contributed by atoms with E-state index in [0.717, 1.165) is 13.0 Å². The molecule has 0 aromatic carbocycles. The number of aromatic nitrogens is 1. The van der Waals surface area contributed by atoms with E-state index in [9.17, 15) is 0 Å². The van der Waals surface area contributed by atoms with Crippen molar-refractivity contribution in [1.29, 1.82) is 5.26 Å². The van der Waals surface area contributed by atoms with Gasteiger partial charge in [0.05, 0.1) is 17.4 Å². The van der Waals surface area contributed by atoms with Gasteiger partial charge >= 0.3 is 0 Å². The number of nitriles is 1. The molecular formula is C10H12N4O. The SMILES string of the molecule is N#Cc1cnc(NCC2CCO2)c(N)c1. The van der Waals surface area contributed by atoms with E-state index in [4.69, 9.17) is 15.7 Å². The van der Waals surface area contributed by atoms with Gasteiger partial charge in [-0.1, -0.05) is 0 Å². The molecule has 0 saturated carbocycles. The molecule has 1 aromatic rings. The largest absolute Gasteiger partial charge is 0.396 e. The third-order valence-corrected chi connectivity index (χ3v) is 2.34. The Morgan fingerprint density at radius 3 is 3.07 bits per heavy atom. The van der Waals surface area contributed by atoms with E-state index in [1.165, 1.54) is 6.20 Å². The van der Waals surface area contributed by atoms with Crippen molar-refractivity contribution in [2.24, 2.45) is 0 Å². The molecule has 2 heterocycles. The second-order valence-electron chi connectivity index (χ2n) is 3.44. The van der Waals surface area contributed by atoms with Crippen molar-refractivity contribution in [3.8, 4) is 6.07 Å². The number of ether oxygens (including phenoxy) is 1. The Kier molecular flexibility index (Phi) is 2.70. The zero-order valence-electron chi connectivity index (χ0n) is 8.23. The van der Waals surface area contributed by atoms with Crippen LogP contribution in [-0.2, 0) is 4.74 Å². The van der Waals surface area contributed by atoms with Gasteiger partial charge in [-0.15, -0.1) is 0 Å². The Balaban J connectivity index is 1.98. The van der Waals surface area contributed by atoms with Gasteiger partial charge in [-0.05, 0) is 12.5 Å². The third-order valence-electron chi connectivity index (χ3n) is 2.34. The summed E-state index contributed by atoms with van der Waals surface area (Å²) in [5.41, 5.74) is 6.69. The lowest BCUT2D eigenvalue weighted by molar-refractivity contribution is -0.0410. The molecule has 5 heteroatoms. The maximum Gasteiger partial charge on any atom is 0.149 e. The molecule has 1 atom stereocenters. The predicted molar refractivity (Wildman–Crippen MR) is 56.2 cm³/mol. The predicted octanol–water partition coefficient (Wildman–Crippen LogP) is 0.736. The summed E-state index contributed by atoms with van der Waals surface area (Å²) in [7, 11) is 0. The van der Waals surface area contributed by atoms with E-state index < -0.39 is 0 Å². The van der Waals surface area contributed by atoms with Crippen LogP contribution in [0.4, 0.5) is 11.5 Å². The number of nitrogens with one attached hydrogen (secondary N) is 1. The molecule has 15 heavy (non-hydrogen) atoms. The molecule has 1 fully saturated rings. The minimum absolute atomic E-state index is 0.266. The maximum absolute atomic E-state index is 8.63. The van der Waals surface area contributed by atoms with Crippen LogP contribution in [0.1, 0.15) is 12.0 Å². The summed E-state index contributed by atoms with van der Waals surface area (Å²) in [6, 6.07) is 3.60. The van der Waals surface area contributed by atoms with E-state index in [2.05, 4.69) is 10.3 Å². The van der Waals surface area contributed by atoms with Crippen LogP contribution in [-0.4, -0.2) is 24.2 Å².